The van der Waals surface area contributed by atoms with Crippen LogP contribution in [-0.4, -0.2) is 11.7 Å². The van der Waals surface area contributed by atoms with E-state index in [4.69, 9.17) is 16.9 Å². The lowest BCUT2D eigenvalue weighted by molar-refractivity contribution is 0.453. The average Bonchev–Trinajstić information content (AvgIpc) is 2.23. The number of halogens is 1. The normalized spacial score (nSPS) is 12.4. The summed E-state index contributed by atoms with van der Waals surface area (Å²) in [5, 5.41) is 22.3. The van der Waals surface area contributed by atoms with Gasteiger partial charge in [0, 0.05) is 10.6 Å². The molecule has 0 bridgehead atoms. The Bertz CT molecular complexity index is 398. The lowest BCUT2D eigenvalue weighted by atomic mass is 10.1. The molecule has 0 aliphatic heterocycles. The summed E-state index contributed by atoms with van der Waals surface area (Å²) in [6.45, 7) is 4.82. The van der Waals surface area contributed by atoms with Gasteiger partial charge in [-0.15, -0.1) is 0 Å². The molecule has 1 rings (SSSR count). The molecule has 3 nitrogen and oxygen atoms in total. The maximum Gasteiger partial charge on any atom is 0.125 e. The highest BCUT2D eigenvalue weighted by Gasteiger charge is 2.14. The fourth-order valence-corrected chi connectivity index (χ4v) is 1.52. The Morgan fingerprint density at radius 2 is 2.19 bits per heavy atom. The van der Waals surface area contributed by atoms with Crippen LogP contribution in [0.2, 0.25) is 5.02 Å². The number of rotatable bonds is 4. The van der Waals surface area contributed by atoms with E-state index >= 15 is 0 Å². The number of nitriles is 1. The zero-order chi connectivity index (χ0) is 12.1. The highest BCUT2D eigenvalue weighted by Crippen LogP contribution is 2.27. The molecule has 0 radical (unpaired) electrons. The minimum atomic E-state index is -0.527. The van der Waals surface area contributed by atoms with Gasteiger partial charge in [0.2, 0.25) is 0 Å². The first-order valence-corrected chi connectivity index (χ1v) is 5.53. The topological polar surface area (TPSA) is 56.0 Å². The van der Waals surface area contributed by atoms with Crippen LogP contribution in [0.15, 0.2) is 18.2 Å². The van der Waals surface area contributed by atoms with E-state index in [1.165, 1.54) is 6.07 Å². The molecule has 1 unspecified atom stereocenters. The molecule has 0 fully saturated rings. The number of benzene rings is 1. The summed E-state index contributed by atoms with van der Waals surface area (Å²) < 4.78 is 0. The SMILES string of the molecule is CC(C)CNC(C#N)c1cc(Cl)ccc1O. The van der Waals surface area contributed by atoms with E-state index in [2.05, 4.69) is 25.2 Å². The minimum absolute atomic E-state index is 0.0900. The Morgan fingerprint density at radius 1 is 1.50 bits per heavy atom. The van der Waals surface area contributed by atoms with Gasteiger partial charge < -0.3 is 5.11 Å². The van der Waals surface area contributed by atoms with Crippen LogP contribution in [0, 0.1) is 17.2 Å². The standard InChI is InChI=1S/C12H15ClN2O/c1-8(2)7-15-11(6-14)10-5-9(13)3-4-12(10)16/h3-5,8,11,15-16H,7H2,1-2H3. The van der Waals surface area contributed by atoms with E-state index in [1.807, 2.05) is 0 Å². The third-order valence-corrected chi connectivity index (χ3v) is 2.40. The van der Waals surface area contributed by atoms with Crippen molar-refractivity contribution in [1.82, 2.24) is 5.32 Å². The van der Waals surface area contributed by atoms with E-state index in [1.54, 1.807) is 12.1 Å². The van der Waals surface area contributed by atoms with Crippen LogP contribution in [-0.2, 0) is 0 Å². The number of hydrogen-bond donors (Lipinski definition) is 2. The van der Waals surface area contributed by atoms with Crippen molar-refractivity contribution in [2.24, 2.45) is 5.92 Å². The molecule has 0 saturated heterocycles. The highest BCUT2D eigenvalue weighted by molar-refractivity contribution is 6.30. The molecule has 0 spiro atoms. The molecule has 0 aromatic heterocycles. The van der Waals surface area contributed by atoms with Crippen LogP contribution in [0.5, 0.6) is 5.75 Å². The minimum Gasteiger partial charge on any atom is -0.508 e. The average molecular weight is 239 g/mol. The fourth-order valence-electron chi connectivity index (χ4n) is 1.34. The summed E-state index contributed by atoms with van der Waals surface area (Å²) in [6, 6.07) is 6.29. The molecule has 0 aliphatic rings. The Labute approximate surface area is 101 Å². The van der Waals surface area contributed by atoms with Gasteiger partial charge in [-0.2, -0.15) is 5.26 Å². The second-order valence-electron chi connectivity index (χ2n) is 4.07. The second-order valence-corrected chi connectivity index (χ2v) is 4.50. The van der Waals surface area contributed by atoms with Crippen LogP contribution in [0.1, 0.15) is 25.5 Å². The van der Waals surface area contributed by atoms with Crippen molar-refractivity contribution < 1.29 is 5.11 Å². The molecule has 0 amide bonds. The van der Waals surface area contributed by atoms with Crippen molar-refractivity contribution in [3.63, 3.8) is 0 Å². The maximum absolute atomic E-state index is 9.65. The number of nitrogens with zero attached hydrogens (tertiary/aromatic N) is 1. The van der Waals surface area contributed by atoms with E-state index in [0.717, 1.165) is 0 Å². The van der Waals surface area contributed by atoms with E-state index < -0.39 is 6.04 Å². The number of aromatic hydroxyl groups is 1. The summed E-state index contributed by atoms with van der Waals surface area (Å²) in [7, 11) is 0. The lowest BCUT2D eigenvalue weighted by Crippen LogP contribution is -2.24. The molecule has 1 atom stereocenters. The Kier molecular flexibility index (Phi) is 4.60. The molecule has 0 aliphatic carbocycles. The number of nitrogens with one attached hydrogen (secondary N) is 1. The monoisotopic (exact) mass is 238 g/mol. The smallest absolute Gasteiger partial charge is 0.125 e. The van der Waals surface area contributed by atoms with Crippen LogP contribution in [0.4, 0.5) is 0 Å². The third-order valence-electron chi connectivity index (χ3n) is 2.16. The van der Waals surface area contributed by atoms with Gasteiger partial charge >= 0.3 is 0 Å². The maximum atomic E-state index is 9.65. The number of phenols is 1. The predicted molar refractivity (Wildman–Crippen MR) is 64.3 cm³/mol. The molecule has 86 valence electrons. The Balaban J connectivity index is 2.87. The number of phenolic OH excluding ortho intramolecular Hbond substituents is 1. The molecule has 2 N–H and O–H groups in total. The molecular formula is C12H15ClN2O. The molecule has 1 aromatic carbocycles. The molecular weight excluding hydrogens is 224 g/mol. The molecule has 0 saturated carbocycles. The molecule has 16 heavy (non-hydrogen) atoms. The quantitative estimate of drug-likeness (QED) is 0.848. The summed E-state index contributed by atoms with van der Waals surface area (Å²) in [6.07, 6.45) is 0. The van der Waals surface area contributed by atoms with Gasteiger partial charge in [-0.05, 0) is 30.7 Å². The number of hydrogen-bond acceptors (Lipinski definition) is 3. The van der Waals surface area contributed by atoms with Gasteiger partial charge in [-0.1, -0.05) is 25.4 Å². The van der Waals surface area contributed by atoms with Crippen LogP contribution in [0.3, 0.4) is 0 Å². The summed E-state index contributed by atoms with van der Waals surface area (Å²) in [4.78, 5) is 0. The fraction of sp³-hybridized carbons (Fsp3) is 0.417. The van der Waals surface area contributed by atoms with Gasteiger partial charge in [-0.3, -0.25) is 5.32 Å². The van der Waals surface area contributed by atoms with Crippen molar-refractivity contribution in [2.75, 3.05) is 6.54 Å². The molecule has 4 heteroatoms. The van der Waals surface area contributed by atoms with Crippen molar-refractivity contribution in [1.29, 1.82) is 5.26 Å². The Morgan fingerprint density at radius 3 is 2.75 bits per heavy atom. The van der Waals surface area contributed by atoms with Crippen LogP contribution in [0.25, 0.3) is 0 Å². The first-order valence-electron chi connectivity index (χ1n) is 5.16. The molecule has 1 aromatic rings. The van der Waals surface area contributed by atoms with Crippen molar-refractivity contribution in [3.05, 3.63) is 28.8 Å². The predicted octanol–water partition coefficient (Wildman–Crippen LogP) is 2.86. The summed E-state index contributed by atoms with van der Waals surface area (Å²) >= 11 is 5.83. The zero-order valence-corrected chi connectivity index (χ0v) is 10.1. The van der Waals surface area contributed by atoms with E-state index in [9.17, 15) is 5.11 Å². The first kappa shape index (κ1) is 12.8. The molecule has 0 heterocycles. The van der Waals surface area contributed by atoms with Gasteiger partial charge in [0.05, 0.1) is 6.07 Å². The van der Waals surface area contributed by atoms with E-state index in [-0.39, 0.29) is 5.75 Å². The lowest BCUT2D eigenvalue weighted by Gasteiger charge is -2.15. The van der Waals surface area contributed by atoms with Crippen LogP contribution >= 0.6 is 11.6 Å². The Hall–Kier alpha value is -1.24. The second kappa shape index (κ2) is 5.74. The van der Waals surface area contributed by atoms with Gasteiger partial charge in [0.15, 0.2) is 0 Å². The summed E-state index contributed by atoms with van der Waals surface area (Å²) in [5.41, 5.74) is 0.524. The van der Waals surface area contributed by atoms with Crippen molar-refractivity contribution >= 4 is 11.6 Å². The van der Waals surface area contributed by atoms with Crippen molar-refractivity contribution in [3.8, 4) is 11.8 Å². The van der Waals surface area contributed by atoms with Gasteiger partial charge in [0.25, 0.3) is 0 Å². The van der Waals surface area contributed by atoms with Gasteiger partial charge in [-0.25, -0.2) is 0 Å². The van der Waals surface area contributed by atoms with Crippen molar-refractivity contribution in [2.45, 2.75) is 19.9 Å². The van der Waals surface area contributed by atoms with E-state index in [0.29, 0.717) is 23.0 Å². The zero-order valence-electron chi connectivity index (χ0n) is 9.37. The third kappa shape index (κ3) is 3.41. The first-order chi connectivity index (χ1) is 7.54. The van der Waals surface area contributed by atoms with Gasteiger partial charge in [0.1, 0.15) is 11.8 Å². The highest BCUT2D eigenvalue weighted by atomic mass is 35.5. The largest absolute Gasteiger partial charge is 0.508 e. The summed E-state index contributed by atoms with van der Waals surface area (Å²) in [5.74, 6) is 0.532. The van der Waals surface area contributed by atoms with Crippen LogP contribution < -0.4 is 5.32 Å².